The highest BCUT2D eigenvalue weighted by Gasteiger charge is 2.37. The molecule has 1 N–H and O–H groups in total. The second kappa shape index (κ2) is 8.72. The number of nitrogens with one attached hydrogen (secondary N) is 1. The zero-order chi connectivity index (χ0) is 24.8. The van der Waals surface area contributed by atoms with Crippen molar-refractivity contribution < 1.29 is 23.2 Å². The highest BCUT2D eigenvalue weighted by Crippen LogP contribution is 2.40. The van der Waals surface area contributed by atoms with Crippen molar-refractivity contribution in [3.05, 3.63) is 70.1 Å². The number of amides is 3. The van der Waals surface area contributed by atoms with Crippen molar-refractivity contribution in [3.63, 3.8) is 0 Å². The van der Waals surface area contributed by atoms with Gasteiger partial charge in [-0.25, -0.2) is 8.78 Å². The van der Waals surface area contributed by atoms with Crippen molar-refractivity contribution in [2.45, 2.75) is 26.3 Å². The topological polar surface area (TPSA) is 69.7 Å². The Morgan fingerprint density at radius 1 is 1.15 bits per heavy atom. The van der Waals surface area contributed by atoms with Gasteiger partial charge in [-0.05, 0) is 80.6 Å². The summed E-state index contributed by atoms with van der Waals surface area (Å²) in [4.78, 5) is 40.3. The molecular weight excluding hydrogens is 460 g/mol. The maximum atomic E-state index is 15.0. The average molecular weight is 484 g/mol. The standard InChI is InChI=1S/C25H23F2N3O3S/c1-14-12-25(2,3)29(4)20-11-19(27)15(9-18(14)20)10-21-23(32)30(24(33)34-21)13-22(31)28-17-7-5-16(26)6-8-17/h5-12H,13H2,1-4H3,(H,28,31)/b21-10+. The zero-order valence-electron chi connectivity index (χ0n) is 19.1. The van der Waals surface area contributed by atoms with Gasteiger partial charge in [0, 0.05) is 29.5 Å². The van der Waals surface area contributed by atoms with Crippen molar-refractivity contribution in [2.24, 2.45) is 0 Å². The number of carbonyl (C=O) groups excluding carboxylic acids is 3. The number of hydrogen-bond donors (Lipinski definition) is 1. The van der Waals surface area contributed by atoms with Gasteiger partial charge >= 0.3 is 0 Å². The number of anilines is 2. The van der Waals surface area contributed by atoms with Gasteiger partial charge in [0.2, 0.25) is 5.91 Å². The van der Waals surface area contributed by atoms with Gasteiger partial charge in [-0.1, -0.05) is 6.08 Å². The number of imide groups is 1. The molecule has 1 saturated heterocycles. The molecular formula is C25H23F2N3O3S. The predicted molar refractivity (Wildman–Crippen MR) is 130 cm³/mol. The molecule has 4 rings (SSSR count). The van der Waals surface area contributed by atoms with Crippen LogP contribution in [0.4, 0.5) is 25.0 Å². The summed E-state index contributed by atoms with van der Waals surface area (Å²) in [7, 11) is 1.89. The Kier molecular flexibility index (Phi) is 6.07. The van der Waals surface area contributed by atoms with Crippen LogP contribution in [0.25, 0.3) is 11.6 Å². The number of likely N-dealkylation sites (N-methyl/N-ethyl adjacent to an activating group) is 1. The molecule has 2 aromatic rings. The summed E-state index contributed by atoms with van der Waals surface area (Å²) >= 11 is 0.651. The van der Waals surface area contributed by atoms with E-state index < -0.39 is 35.2 Å². The first-order valence-corrected chi connectivity index (χ1v) is 11.4. The van der Waals surface area contributed by atoms with Crippen LogP contribution in [0.15, 0.2) is 47.4 Å². The first-order chi connectivity index (χ1) is 16.0. The second-order valence-electron chi connectivity index (χ2n) is 8.75. The van der Waals surface area contributed by atoms with Gasteiger partial charge in [0.05, 0.1) is 10.4 Å². The Labute approximate surface area is 200 Å². The molecule has 0 bridgehead atoms. The molecule has 0 aromatic heterocycles. The van der Waals surface area contributed by atoms with E-state index in [4.69, 9.17) is 0 Å². The van der Waals surface area contributed by atoms with Crippen molar-refractivity contribution >= 4 is 51.8 Å². The monoisotopic (exact) mass is 483 g/mol. The molecule has 9 heteroatoms. The zero-order valence-corrected chi connectivity index (χ0v) is 19.9. The Bertz CT molecular complexity index is 1270. The van der Waals surface area contributed by atoms with E-state index in [2.05, 4.69) is 11.4 Å². The van der Waals surface area contributed by atoms with E-state index in [1.165, 1.54) is 36.4 Å². The van der Waals surface area contributed by atoms with E-state index in [1.54, 1.807) is 6.07 Å². The number of allylic oxidation sites excluding steroid dienone is 1. The molecule has 0 aliphatic carbocycles. The molecule has 0 saturated carbocycles. The van der Waals surface area contributed by atoms with Crippen LogP contribution < -0.4 is 10.2 Å². The number of hydrogen-bond acceptors (Lipinski definition) is 5. The van der Waals surface area contributed by atoms with Crippen LogP contribution in [0.1, 0.15) is 31.9 Å². The third-order valence-electron chi connectivity index (χ3n) is 5.93. The van der Waals surface area contributed by atoms with Gasteiger partial charge < -0.3 is 10.2 Å². The molecule has 2 heterocycles. The van der Waals surface area contributed by atoms with Crippen LogP contribution in [0, 0.1) is 11.6 Å². The summed E-state index contributed by atoms with van der Waals surface area (Å²) in [6.45, 7) is 5.51. The van der Waals surface area contributed by atoms with E-state index in [9.17, 15) is 23.2 Å². The molecule has 176 valence electrons. The van der Waals surface area contributed by atoms with Gasteiger partial charge in [-0.15, -0.1) is 0 Å². The van der Waals surface area contributed by atoms with Crippen LogP contribution in [0.2, 0.25) is 0 Å². The van der Waals surface area contributed by atoms with E-state index in [0.29, 0.717) is 17.4 Å². The molecule has 6 nitrogen and oxygen atoms in total. The number of carbonyl (C=O) groups is 3. The number of nitrogens with zero attached hydrogens (tertiary/aromatic N) is 2. The van der Waals surface area contributed by atoms with Gasteiger partial charge in [-0.2, -0.15) is 0 Å². The van der Waals surface area contributed by atoms with Gasteiger partial charge in [0.25, 0.3) is 11.1 Å². The van der Waals surface area contributed by atoms with Crippen molar-refractivity contribution in [3.8, 4) is 0 Å². The summed E-state index contributed by atoms with van der Waals surface area (Å²) in [5.41, 5.74) is 2.81. The van der Waals surface area contributed by atoms with Crippen LogP contribution in [-0.2, 0) is 9.59 Å². The highest BCUT2D eigenvalue weighted by molar-refractivity contribution is 8.18. The molecule has 1 fully saturated rings. The van der Waals surface area contributed by atoms with Crippen LogP contribution >= 0.6 is 11.8 Å². The molecule has 0 spiro atoms. The fourth-order valence-corrected chi connectivity index (χ4v) is 4.78. The maximum absolute atomic E-state index is 15.0. The van der Waals surface area contributed by atoms with Gasteiger partial charge in [0.1, 0.15) is 18.2 Å². The highest BCUT2D eigenvalue weighted by atomic mass is 32.2. The quantitative estimate of drug-likeness (QED) is 0.600. The molecule has 2 aromatic carbocycles. The SMILES string of the molecule is CC1=CC(C)(C)N(C)c2cc(F)c(/C=C3/SC(=O)N(CC(=O)Nc4ccc(F)cc4)C3=O)cc21. The summed E-state index contributed by atoms with van der Waals surface area (Å²) in [6, 6.07) is 8.20. The van der Waals surface area contributed by atoms with Crippen molar-refractivity contribution in [1.82, 2.24) is 4.90 Å². The third kappa shape index (κ3) is 4.48. The number of fused-ring (bicyclic) bond motifs is 1. The molecule has 0 atom stereocenters. The maximum Gasteiger partial charge on any atom is 0.294 e. The van der Waals surface area contributed by atoms with Gasteiger partial charge in [-0.3, -0.25) is 19.3 Å². The lowest BCUT2D eigenvalue weighted by Crippen LogP contribution is -2.42. The first kappa shape index (κ1) is 23.7. The number of thioether (sulfide) groups is 1. The molecule has 2 aliphatic heterocycles. The van der Waals surface area contributed by atoms with Crippen molar-refractivity contribution in [1.29, 1.82) is 0 Å². The number of benzene rings is 2. The molecule has 3 amide bonds. The van der Waals surface area contributed by atoms with E-state index in [-0.39, 0.29) is 16.0 Å². The lowest BCUT2D eigenvalue weighted by Gasteiger charge is -2.40. The minimum Gasteiger partial charge on any atom is -0.365 e. The van der Waals surface area contributed by atoms with Gasteiger partial charge in [0.15, 0.2) is 0 Å². The minimum absolute atomic E-state index is 0.0320. The van der Waals surface area contributed by atoms with E-state index >= 15 is 0 Å². The predicted octanol–water partition coefficient (Wildman–Crippen LogP) is 5.27. The molecule has 0 unspecified atom stereocenters. The van der Waals surface area contributed by atoms with Crippen LogP contribution in [0.5, 0.6) is 0 Å². The minimum atomic E-state index is -0.674. The third-order valence-corrected chi connectivity index (χ3v) is 6.83. The molecule has 0 radical (unpaired) electrons. The Balaban J connectivity index is 1.55. The second-order valence-corrected chi connectivity index (χ2v) is 9.75. The Morgan fingerprint density at radius 2 is 1.82 bits per heavy atom. The summed E-state index contributed by atoms with van der Waals surface area (Å²) in [6.07, 6.45) is 3.43. The Hall–Kier alpha value is -3.46. The summed E-state index contributed by atoms with van der Waals surface area (Å²) in [5, 5.41) is 1.89. The first-order valence-electron chi connectivity index (χ1n) is 10.5. The number of rotatable bonds is 4. The summed E-state index contributed by atoms with van der Waals surface area (Å²) in [5.74, 6) is -2.25. The fourth-order valence-electron chi connectivity index (χ4n) is 3.95. The summed E-state index contributed by atoms with van der Waals surface area (Å²) < 4.78 is 28.0. The number of halogens is 2. The van der Waals surface area contributed by atoms with Crippen molar-refractivity contribution in [2.75, 3.05) is 23.8 Å². The molecule has 2 aliphatic rings. The molecule has 34 heavy (non-hydrogen) atoms. The van der Waals surface area contributed by atoms with Crippen LogP contribution in [-0.4, -0.2) is 41.1 Å². The van der Waals surface area contributed by atoms with E-state index in [1.807, 2.05) is 32.7 Å². The average Bonchev–Trinajstić information content (AvgIpc) is 3.02. The van der Waals surface area contributed by atoms with Crippen LogP contribution in [0.3, 0.4) is 0 Å². The lowest BCUT2D eigenvalue weighted by molar-refractivity contribution is -0.127. The smallest absolute Gasteiger partial charge is 0.294 e. The largest absolute Gasteiger partial charge is 0.365 e. The Morgan fingerprint density at radius 3 is 2.50 bits per heavy atom. The lowest BCUT2D eigenvalue weighted by atomic mass is 9.88. The van der Waals surface area contributed by atoms with E-state index in [0.717, 1.165) is 21.7 Å². The normalized spacial score (nSPS) is 18.3. The fraction of sp³-hybridized carbons (Fsp3) is 0.240.